The largest absolute Gasteiger partial charge is 0.307 e. The molecule has 1 N–H and O–H groups in total. The summed E-state index contributed by atoms with van der Waals surface area (Å²) in [7, 11) is 0. The van der Waals surface area contributed by atoms with Gasteiger partial charge in [0.1, 0.15) is 0 Å². The number of hydrogen-bond donors (Lipinski definition) is 1. The van der Waals surface area contributed by atoms with Gasteiger partial charge in [-0.3, -0.25) is 4.68 Å². The number of hydrogen-bond acceptors (Lipinski definition) is 2. The van der Waals surface area contributed by atoms with E-state index in [0.717, 1.165) is 36.2 Å². The molecule has 0 atom stereocenters. The average Bonchev–Trinajstić information content (AvgIpc) is 2.77. The molecule has 0 fully saturated rings. The number of aryl methyl sites for hydroxylation is 3. The first-order valence-corrected chi connectivity index (χ1v) is 7.95. The third-order valence-electron chi connectivity index (χ3n) is 3.44. The molecule has 0 saturated carbocycles. The van der Waals surface area contributed by atoms with E-state index in [1.54, 1.807) is 0 Å². The number of aromatic nitrogens is 2. The van der Waals surface area contributed by atoms with Crippen LogP contribution in [-0.2, 0) is 26.1 Å². The van der Waals surface area contributed by atoms with Gasteiger partial charge in [-0.25, -0.2) is 0 Å². The van der Waals surface area contributed by atoms with Crippen LogP contribution in [0.4, 0.5) is 0 Å². The molecule has 2 rings (SSSR count). The summed E-state index contributed by atoms with van der Waals surface area (Å²) in [5.74, 6) is 0. The highest BCUT2D eigenvalue weighted by molar-refractivity contribution is 9.10. The molecule has 108 valence electrons. The van der Waals surface area contributed by atoms with Crippen LogP contribution in [0.2, 0.25) is 0 Å². The van der Waals surface area contributed by atoms with Gasteiger partial charge in [-0.05, 0) is 41.8 Å². The minimum atomic E-state index is 0.829. The summed E-state index contributed by atoms with van der Waals surface area (Å²) >= 11 is 3.68. The molecule has 0 spiro atoms. The van der Waals surface area contributed by atoms with Gasteiger partial charge >= 0.3 is 0 Å². The Morgan fingerprint density at radius 1 is 1.15 bits per heavy atom. The molecule has 0 aliphatic carbocycles. The van der Waals surface area contributed by atoms with Crippen LogP contribution in [0.5, 0.6) is 0 Å². The van der Waals surface area contributed by atoms with Gasteiger partial charge in [0.05, 0.1) is 15.9 Å². The number of nitrogens with one attached hydrogen (secondary N) is 1. The molecule has 2 aromatic rings. The molecule has 0 amide bonds. The smallest absolute Gasteiger partial charge is 0.0767 e. The van der Waals surface area contributed by atoms with Crippen molar-refractivity contribution >= 4 is 15.9 Å². The number of nitrogens with zero attached hydrogens (tertiary/aromatic N) is 2. The van der Waals surface area contributed by atoms with E-state index in [1.165, 1.54) is 16.8 Å². The monoisotopic (exact) mass is 335 g/mol. The Kier molecular flexibility index (Phi) is 5.38. The lowest BCUT2D eigenvalue weighted by Crippen LogP contribution is -2.16. The maximum absolute atomic E-state index is 4.61. The lowest BCUT2D eigenvalue weighted by atomic mass is 10.1. The topological polar surface area (TPSA) is 29.9 Å². The first kappa shape index (κ1) is 15.3. The van der Waals surface area contributed by atoms with E-state index in [1.807, 2.05) is 0 Å². The number of benzene rings is 1. The zero-order valence-electron chi connectivity index (χ0n) is 12.4. The Morgan fingerprint density at radius 3 is 2.45 bits per heavy atom. The molecule has 0 aliphatic rings. The van der Waals surface area contributed by atoms with Crippen LogP contribution in [-0.4, -0.2) is 9.78 Å². The van der Waals surface area contributed by atoms with Crippen molar-refractivity contribution in [2.75, 3.05) is 0 Å². The van der Waals surface area contributed by atoms with Crippen molar-refractivity contribution in [3.63, 3.8) is 0 Å². The standard InChI is InChI=1S/C16H22BrN3/c1-4-14-16(17)15(20(5-2)19-14)11-18-10-13-8-6-12(3)7-9-13/h6-9,18H,4-5,10-11H2,1-3H3. The highest BCUT2D eigenvalue weighted by Gasteiger charge is 2.12. The van der Waals surface area contributed by atoms with Gasteiger partial charge in [-0.2, -0.15) is 5.10 Å². The van der Waals surface area contributed by atoms with Gasteiger partial charge in [0.15, 0.2) is 0 Å². The summed E-state index contributed by atoms with van der Waals surface area (Å²) < 4.78 is 3.23. The van der Waals surface area contributed by atoms with E-state index >= 15 is 0 Å². The highest BCUT2D eigenvalue weighted by Crippen LogP contribution is 2.22. The van der Waals surface area contributed by atoms with Crippen molar-refractivity contribution in [2.24, 2.45) is 0 Å². The predicted octanol–water partition coefficient (Wildman–Crippen LogP) is 3.83. The molecule has 0 aliphatic heterocycles. The summed E-state index contributed by atoms with van der Waals surface area (Å²) in [4.78, 5) is 0. The van der Waals surface area contributed by atoms with Gasteiger partial charge < -0.3 is 5.32 Å². The lowest BCUT2D eigenvalue weighted by Gasteiger charge is -2.08. The van der Waals surface area contributed by atoms with Crippen LogP contribution >= 0.6 is 15.9 Å². The van der Waals surface area contributed by atoms with E-state index in [0.29, 0.717) is 0 Å². The molecule has 1 aromatic heterocycles. The molecule has 0 saturated heterocycles. The molecule has 0 radical (unpaired) electrons. The Hall–Kier alpha value is -1.13. The van der Waals surface area contributed by atoms with Crippen molar-refractivity contribution in [1.82, 2.24) is 15.1 Å². The van der Waals surface area contributed by atoms with Crippen LogP contribution in [0.15, 0.2) is 28.7 Å². The van der Waals surface area contributed by atoms with Crippen LogP contribution < -0.4 is 5.32 Å². The van der Waals surface area contributed by atoms with Gasteiger partial charge in [-0.15, -0.1) is 0 Å². The average molecular weight is 336 g/mol. The van der Waals surface area contributed by atoms with E-state index in [4.69, 9.17) is 0 Å². The molecule has 3 nitrogen and oxygen atoms in total. The molecule has 0 unspecified atom stereocenters. The number of halogens is 1. The van der Waals surface area contributed by atoms with Crippen LogP contribution in [0.1, 0.15) is 36.4 Å². The molecular weight excluding hydrogens is 314 g/mol. The summed E-state index contributed by atoms with van der Waals surface area (Å²) in [5, 5.41) is 8.11. The van der Waals surface area contributed by atoms with Crippen LogP contribution in [0, 0.1) is 6.92 Å². The van der Waals surface area contributed by atoms with Crippen molar-refractivity contribution in [2.45, 2.75) is 46.8 Å². The third kappa shape index (κ3) is 3.49. The fraction of sp³-hybridized carbons (Fsp3) is 0.438. The van der Waals surface area contributed by atoms with Crippen molar-refractivity contribution < 1.29 is 0 Å². The number of rotatable bonds is 6. The predicted molar refractivity (Wildman–Crippen MR) is 86.7 cm³/mol. The van der Waals surface area contributed by atoms with Gasteiger partial charge in [0.2, 0.25) is 0 Å². The second kappa shape index (κ2) is 7.04. The molecule has 0 bridgehead atoms. The van der Waals surface area contributed by atoms with Crippen LogP contribution in [0.25, 0.3) is 0 Å². The fourth-order valence-corrected chi connectivity index (χ4v) is 2.92. The molecule has 1 aromatic carbocycles. The summed E-state index contributed by atoms with van der Waals surface area (Å²) in [6, 6.07) is 8.65. The molecule has 4 heteroatoms. The summed E-state index contributed by atoms with van der Waals surface area (Å²) in [5.41, 5.74) is 4.98. The van der Waals surface area contributed by atoms with Crippen molar-refractivity contribution in [1.29, 1.82) is 0 Å². The third-order valence-corrected chi connectivity index (χ3v) is 4.35. The first-order valence-electron chi connectivity index (χ1n) is 7.16. The minimum Gasteiger partial charge on any atom is -0.307 e. The SMILES string of the molecule is CCc1nn(CC)c(CNCc2ccc(C)cc2)c1Br. The Bertz CT molecular complexity index is 558. The minimum absolute atomic E-state index is 0.829. The van der Waals surface area contributed by atoms with E-state index in [-0.39, 0.29) is 0 Å². The molecule has 1 heterocycles. The Balaban J connectivity index is 2.00. The van der Waals surface area contributed by atoms with Crippen LogP contribution in [0.3, 0.4) is 0 Å². The van der Waals surface area contributed by atoms with E-state index in [2.05, 4.69) is 76.1 Å². The van der Waals surface area contributed by atoms with Gasteiger partial charge in [0, 0.05) is 19.6 Å². The normalized spacial score (nSPS) is 11.0. The van der Waals surface area contributed by atoms with E-state index < -0.39 is 0 Å². The van der Waals surface area contributed by atoms with Gasteiger partial charge in [-0.1, -0.05) is 36.8 Å². The van der Waals surface area contributed by atoms with Crippen molar-refractivity contribution in [3.05, 3.63) is 51.3 Å². The Morgan fingerprint density at radius 2 is 1.85 bits per heavy atom. The second-order valence-electron chi connectivity index (χ2n) is 4.97. The second-order valence-corrected chi connectivity index (χ2v) is 5.76. The van der Waals surface area contributed by atoms with Gasteiger partial charge in [0.25, 0.3) is 0 Å². The molecular formula is C16H22BrN3. The zero-order chi connectivity index (χ0) is 14.5. The lowest BCUT2D eigenvalue weighted by molar-refractivity contribution is 0.576. The maximum Gasteiger partial charge on any atom is 0.0767 e. The zero-order valence-corrected chi connectivity index (χ0v) is 14.0. The van der Waals surface area contributed by atoms with E-state index in [9.17, 15) is 0 Å². The summed E-state index contributed by atoms with van der Waals surface area (Å²) in [6.07, 6.45) is 0.957. The fourth-order valence-electron chi connectivity index (χ4n) is 2.22. The highest BCUT2D eigenvalue weighted by atomic mass is 79.9. The molecule has 20 heavy (non-hydrogen) atoms. The van der Waals surface area contributed by atoms with Crippen molar-refractivity contribution in [3.8, 4) is 0 Å². The first-order chi connectivity index (χ1) is 9.65. The Labute approximate surface area is 129 Å². The maximum atomic E-state index is 4.61. The quantitative estimate of drug-likeness (QED) is 0.869. The summed E-state index contributed by atoms with van der Waals surface area (Å²) in [6.45, 7) is 8.98.